The average molecular weight is 276 g/mol. The summed E-state index contributed by atoms with van der Waals surface area (Å²) >= 11 is 17.5. The molecule has 16 heavy (non-hydrogen) atoms. The highest BCUT2D eigenvalue weighted by Crippen LogP contribution is 2.29. The van der Waals surface area contributed by atoms with Crippen molar-refractivity contribution >= 4 is 40.6 Å². The Balaban J connectivity index is 2.50. The molecule has 1 aromatic heterocycles. The van der Waals surface area contributed by atoms with Gasteiger partial charge in [-0.3, -0.25) is 4.79 Å². The van der Waals surface area contributed by atoms with Gasteiger partial charge in [-0.25, -0.2) is 0 Å². The largest absolute Gasteiger partial charge is 0.452 e. The van der Waals surface area contributed by atoms with Gasteiger partial charge in [-0.2, -0.15) is 0 Å². The van der Waals surface area contributed by atoms with Crippen molar-refractivity contribution in [1.29, 1.82) is 0 Å². The lowest BCUT2D eigenvalue weighted by atomic mass is 10.1. The van der Waals surface area contributed by atoms with E-state index >= 15 is 0 Å². The van der Waals surface area contributed by atoms with Crippen molar-refractivity contribution in [3.05, 3.63) is 56.9 Å². The molecule has 1 heterocycles. The predicted molar refractivity (Wildman–Crippen MR) is 63.6 cm³/mol. The summed E-state index contributed by atoms with van der Waals surface area (Å²) in [6.45, 7) is 0. The van der Waals surface area contributed by atoms with Crippen LogP contribution >= 0.6 is 34.8 Å². The molecule has 0 amide bonds. The number of carbonyl (C=O) groups is 1. The van der Waals surface area contributed by atoms with Crippen molar-refractivity contribution in [2.24, 2.45) is 0 Å². The normalized spacial score (nSPS) is 10.4. The van der Waals surface area contributed by atoms with Crippen molar-refractivity contribution in [3.63, 3.8) is 0 Å². The van der Waals surface area contributed by atoms with E-state index in [4.69, 9.17) is 39.2 Å². The molecule has 0 fully saturated rings. The molecule has 82 valence electrons. The molecule has 0 aliphatic rings. The highest BCUT2D eigenvalue weighted by atomic mass is 35.5. The molecule has 2 nitrogen and oxygen atoms in total. The van der Waals surface area contributed by atoms with E-state index in [1.54, 1.807) is 18.2 Å². The minimum absolute atomic E-state index is 0.0426. The molecule has 2 rings (SSSR count). The van der Waals surface area contributed by atoms with Gasteiger partial charge in [0.2, 0.25) is 5.22 Å². The Morgan fingerprint density at radius 2 is 1.81 bits per heavy atom. The monoisotopic (exact) mass is 274 g/mol. The molecular weight excluding hydrogens is 270 g/mol. The zero-order valence-corrected chi connectivity index (χ0v) is 10.1. The number of hydrogen-bond donors (Lipinski definition) is 0. The first-order valence-corrected chi connectivity index (χ1v) is 5.46. The summed E-state index contributed by atoms with van der Waals surface area (Å²) in [7, 11) is 0. The first kappa shape index (κ1) is 11.5. The number of ketones is 1. The fourth-order valence-electron chi connectivity index (χ4n) is 1.28. The number of benzene rings is 1. The summed E-state index contributed by atoms with van der Waals surface area (Å²) in [5.74, 6) is -0.314. The molecule has 0 bridgehead atoms. The average Bonchev–Trinajstić information content (AvgIpc) is 2.68. The molecule has 0 unspecified atom stereocenters. The van der Waals surface area contributed by atoms with Gasteiger partial charge in [-0.15, -0.1) is 0 Å². The van der Waals surface area contributed by atoms with Crippen LogP contribution in [0, 0.1) is 0 Å². The zero-order chi connectivity index (χ0) is 11.7. The van der Waals surface area contributed by atoms with Crippen molar-refractivity contribution in [2.45, 2.75) is 0 Å². The van der Waals surface area contributed by atoms with Crippen LogP contribution in [0.15, 0.2) is 34.9 Å². The van der Waals surface area contributed by atoms with E-state index < -0.39 is 0 Å². The predicted octanol–water partition coefficient (Wildman–Crippen LogP) is 4.47. The first-order valence-electron chi connectivity index (χ1n) is 4.33. The minimum atomic E-state index is -0.314. The summed E-state index contributed by atoms with van der Waals surface area (Å²) in [6, 6.07) is 6.33. The van der Waals surface area contributed by atoms with Gasteiger partial charge in [-0.05, 0) is 29.8 Å². The second-order valence-electron chi connectivity index (χ2n) is 3.04. The van der Waals surface area contributed by atoms with Crippen molar-refractivity contribution < 1.29 is 9.21 Å². The number of hydrogen-bond acceptors (Lipinski definition) is 2. The molecule has 0 N–H and O–H groups in total. The van der Waals surface area contributed by atoms with Gasteiger partial charge in [0.05, 0.1) is 21.9 Å². The van der Waals surface area contributed by atoms with Crippen LogP contribution in [0.2, 0.25) is 15.3 Å². The zero-order valence-electron chi connectivity index (χ0n) is 7.84. The van der Waals surface area contributed by atoms with Crippen LogP contribution in [0.25, 0.3) is 0 Å². The van der Waals surface area contributed by atoms with Gasteiger partial charge in [0.15, 0.2) is 5.78 Å². The Kier molecular flexibility index (Phi) is 3.24. The molecule has 0 spiro atoms. The van der Waals surface area contributed by atoms with Crippen LogP contribution < -0.4 is 0 Å². The maximum Gasteiger partial charge on any atom is 0.204 e. The van der Waals surface area contributed by atoms with Crippen LogP contribution in [-0.4, -0.2) is 5.78 Å². The minimum Gasteiger partial charge on any atom is -0.452 e. The van der Waals surface area contributed by atoms with E-state index in [0.29, 0.717) is 10.6 Å². The summed E-state index contributed by atoms with van der Waals surface area (Å²) in [5.41, 5.74) is 0.573. The van der Waals surface area contributed by atoms with Gasteiger partial charge >= 0.3 is 0 Å². The van der Waals surface area contributed by atoms with Gasteiger partial charge in [0.25, 0.3) is 0 Å². The molecule has 0 atom stereocenters. The molecule has 0 aliphatic heterocycles. The van der Waals surface area contributed by atoms with Gasteiger partial charge in [0, 0.05) is 5.56 Å². The van der Waals surface area contributed by atoms with Crippen LogP contribution in [0.5, 0.6) is 0 Å². The van der Waals surface area contributed by atoms with E-state index in [9.17, 15) is 4.79 Å². The van der Waals surface area contributed by atoms with E-state index in [2.05, 4.69) is 0 Å². The smallest absolute Gasteiger partial charge is 0.204 e. The van der Waals surface area contributed by atoms with Crippen molar-refractivity contribution in [2.75, 3.05) is 0 Å². The highest BCUT2D eigenvalue weighted by molar-refractivity contribution is 6.44. The number of rotatable bonds is 2. The first-order chi connectivity index (χ1) is 7.61. The summed E-state index contributed by atoms with van der Waals surface area (Å²) in [5, 5.41) is 0.583. The Morgan fingerprint density at radius 1 is 1.06 bits per heavy atom. The number of furan rings is 1. The third-order valence-electron chi connectivity index (χ3n) is 2.06. The second kappa shape index (κ2) is 4.50. The molecule has 2 aromatic rings. The Bertz CT molecular complexity index is 546. The maximum absolute atomic E-state index is 12.0. The summed E-state index contributed by atoms with van der Waals surface area (Å²) in [6.07, 6.45) is 1.34. The molecule has 0 radical (unpaired) electrons. The lowest BCUT2D eigenvalue weighted by Crippen LogP contribution is -2.01. The lowest BCUT2D eigenvalue weighted by Gasteiger charge is -2.03. The Morgan fingerprint density at radius 3 is 2.44 bits per heavy atom. The quantitative estimate of drug-likeness (QED) is 0.757. The van der Waals surface area contributed by atoms with E-state index in [0.717, 1.165) is 0 Å². The second-order valence-corrected chi connectivity index (χ2v) is 4.17. The van der Waals surface area contributed by atoms with E-state index in [1.807, 2.05) is 0 Å². The summed E-state index contributed by atoms with van der Waals surface area (Å²) in [4.78, 5) is 12.0. The van der Waals surface area contributed by atoms with Gasteiger partial charge in [-0.1, -0.05) is 29.3 Å². The van der Waals surface area contributed by atoms with Crippen molar-refractivity contribution in [1.82, 2.24) is 0 Å². The highest BCUT2D eigenvalue weighted by Gasteiger charge is 2.18. The third-order valence-corrected chi connectivity index (χ3v) is 3.17. The SMILES string of the molecule is O=C(c1ccoc1Cl)c1cccc(Cl)c1Cl. The van der Waals surface area contributed by atoms with Crippen LogP contribution in [0.3, 0.4) is 0 Å². The molecular formula is C11H5Cl3O2. The topological polar surface area (TPSA) is 30.2 Å². The lowest BCUT2D eigenvalue weighted by molar-refractivity contribution is 0.103. The maximum atomic E-state index is 12.0. The van der Waals surface area contributed by atoms with Gasteiger partial charge in [0.1, 0.15) is 0 Å². The van der Waals surface area contributed by atoms with Crippen LogP contribution in [0.1, 0.15) is 15.9 Å². The molecule has 1 aromatic carbocycles. The number of halogens is 3. The molecule has 0 saturated carbocycles. The van der Waals surface area contributed by atoms with Crippen LogP contribution in [-0.2, 0) is 0 Å². The molecule has 5 heteroatoms. The third kappa shape index (κ3) is 1.96. The van der Waals surface area contributed by atoms with Crippen LogP contribution in [0.4, 0.5) is 0 Å². The van der Waals surface area contributed by atoms with E-state index in [1.165, 1.54) is 12.3 Å². The fourth-order valence-corrected chi connectivity index (χ4v) is 1.87. The number of carbonyl (C=O) groups excluding carboxylic acids is 1. The standard InChI is InChI=1S/C11H5Cl3O2/c12-8-3-1-2-6(9(8)13)10(15)7-4-5-16-11(7)14/h1-5H. The molecule has 0 aliphatic carbocycles. The summed E-state index contributed by atoms with van der Waals surface area (Å²) < 4.78 is 4.85. The molecule has 0 saturated heterocycles. The Labute approximate surface area is 107 Å². The fraction of sp³-hybridized carbons (Fsp3) is 0. The Hall–Kier alpha value is -0.960. The van der Waals surface area contributed by atoms with Crippen molar-refractivity contribution in [3.8, 4) is 0 Å². The van der Waals surface area contributed by atoms with E-state index in [-0.39, 0.29) is 21.6 Å². The van der Waals surface area contributed by atoms with Gasteiger partial charge < -0.3 is 4.42 Å².